The van der Waals surface area contributed by atoms with Gasteiger partial charge in [0.15, 0.2) is 5.65 Å². The number of imidazole rings is 1. The minimum absolute atomic E-state index is 0.145. The standard InChI is InChI=1S/C28H25N3O2/c1-19-7-6-10-22(15-19)26-18-31-27(24(29-26)16-20-8-4-3-5-9-20)30-25(28(31)32)17-21-11-13-23(33-2)14-12-21/h3-15,18,32H,16-17H2,1-2H3. The third-order valence-electron chi connectivity index (χ3n) is 5.78. The van der Waals surface area contributed by atoms with E-state index in [1.54, 1.807) is 11.5 Å². The van der Waals surface area contributed by atoms with Gasteiger partial charge in [0.05, 0.1) is 18.5 Å². The maximum absolute atomic E-state index is 11.1. The first kappa shape index (κ1) is 20.8. The summed E-state index contributed by atoms with van der Waals surface area (Å²) in [4.78, 5) is 9.80. The molecule has 3 aromatic carbocycles. The van der Waals surface area contributed by atoms with Crippen LogP contribution in [0, 0.1) is 6.92 Å². The molecule has 0 unspecified atom stereocenters. The molecule has 164 valence electrons. The molecule has 0 saturated carbocycles. The Morgan fingerprint density at radius 1 is 0.818 bits per heavy atom. The molecule has 0 atom stereocenters. The summed E-state index contributed by atoms with van der Waals surface area (Å²) < 4.78 is 7.02. The van der Waals surface area contributed by atoms with Crippen molar-refractivity contribution in [2.45, 2.75) is 19.8 Å². The monoisotopic (exact) mass is 435 g/mol. The molecule has 2 heterocycles. The van der Waals surface area contributed by atoms with Gasteiger partial charge in [0, 0.05) is 24.6 Å². The Balaban J connectivity index is 1.62. The van der Waals surface area contributed by atoms with Crippen LogP contribution in [0.25, 0.3) is 16.9 Å². The SMILES string of the molecule is COc1ccc(Cc2nc3c(Cc4ccccc4)nc(-c4cccc(C)c4)cn3c2O)cc1. The maximum atomic E-state index is 11.1. The molecule has 0 bridgehead atoms. The molecule has 5 nitrogen and oxygen atoms in total. The highest BCUT2D eigenvalue weighted by atomic mass is 16.5. The van der Waals surface area contributed by atoms with Gasteiger partial charge in [-0.3, -0.25) is 4.40 Å². The number of hydrogen-bond donors (Lipinski definition) is 1. The zero-order valence-corrected chi connectivity index (χ0v) is 18.7. The summed E-state index contributed by atoms with van der Waals surface area (Å²) in [5.41, 5.74) is 7.30. The Morgan fingerprint density at radius 2 is 1.55 bits per heavy atom. The predicted molar refractivity (Wildman–Crippen MR) is 130 cm³/mol. The summed E-state index contributed by atoms with van der Waals surface area (Å²) >= 11 is 0. The van der Waals surface area contributed by atoms with Crippen molar-refractivity contribution in [2.24, 2.45) is 0 Å². The molecule has 0 aliphatic carbocycles. The molecule has 0 radical (unpaired) electrons. The van der Waals surface area contributed by atoms with Gasteiger partial charge in [0.25, 0.3) is 0 Å². The van der Waals surface area contributed by atoms with Crippen LogP contribution in [0.1, 0.15) is 28.1 Å². The van der Waals surface area contributed by atoms with E-state index in [-0.39, 0.29) is 5.88 Å². The highest BCUT2D eigenvalue weighted by Gasteiger charge is 2.18. The lowest BCUT2D eigenvalue weighted by atomic mass is 10.1. The fraction of sp³-hybridized carbons (Fsp3) is 0.143. The number of aromatic nitrogens is 3. The van der Waals surface area contributed by atoms with Gasteiger partial charge in [-0.15, -0.1) is 0 Å². The Labute approximate surface area is 193 Å². The zero-order chi connectivity index (χ0) is 22.8. The van der Waals surface area contributed by atoms with Crippen molar-refractivity contribution in [2.75, 3.05) is 7.11 Å². The third-order valence-corrected chi connectivity index (χ3v) is 5.78. The average molecular weight is 436 g/mol. The van der Waals surface area contributed by atoms with Crippen LogP contribution in [0.4, 0.5) is 0 Å². The van der Waals surface area contributed by atoms with E-state index < -0.39 is 0 Å². The summed E-state index contributed by atoms with van der Waals surface area (Å²) in [7, 11) is 1.65. The quantitative estimate of drug-likeness (QED) is 0.377. The van der Waals surface area contributed by atoms with Crippen LogP contribution in [0.2, 0.25) is 0 Å². The first-order chi connectivity index (χ1) is 16.1. The van der Waals surface area contributed by atoms with Gasteiger partial charge in [-0.25, -0.2) is 9.97 Å². The summed E-state index contributed by atoms with van der Waals surface area (Å²) in [6.07, 6.45) is 3.02. The summed E-state index contributed by atoms with van der Waals surface area (Å²) in [5.74, 6) is 0.946. The number of aromatic hydroxyl groups is 1. The molecule has 33 heavy (non-hydrogen) atoms. The number of methoxy groups -OCH3 is 1. The van der Waals surface area contributed by atoms with E-state index >= 15 is 0 Å². The largest absolute Gasteiger partial charge is 0.497 e. The van der Waals surface area contributed by atoms with Crippen LogP contribution in [-0.2, 0) is 12.8 Å². The molecule has 1 N–H and O–H groups in total. The van der Waals surface area contributed by atoms with Crippen molar-refractivity contribution < 1.29 is 9.84 Å². The Morgan fingerprint density at radius 3 is 2.27 bits per heavy atom. The molecule has 0 spiro atoms. The van der Waals surface area contributed by atoms with Crippen molar-refractivity contribution >= 4 is 5.65 Å². The van der Waals surface area contributed by atoms with Crippen molar-refractivity contribution in [3.8, 4) is 22.9 Å². The number of rotatable bonds is 6. The molecule has 5 heteroatoms. The van der Waals surface area contributed by atoms with Crippen molar-refractivity contribution in [3.63, 3.8) is 0 Å². The minimum Gasteiger partial charge on any atom is -0.497 e. The van der Waals surface area contributed by atoms with Gasteiger partial charge < -0.3 is 9.84 Å². The van der Waals surface area contributed by atoms with E-state index in [9.17, 15) is 5.11 Å². The Hall–Kier alpha value is -4.12. The Kier molecular flexibility index (Phi) is 5.53. The first-order valence-corrected chi connectivity index (χ1v) is 10.9. The van der Waals surface area contributed by atoms with E-state index in [0.29, 0.717) is 24.2 Å². The molecule has 0 amide bonds. The van der Waals surface area contributed by atoms with Crippen molar-refractivity contribution in [3.05, 3.63) is 113 Å². The molecule has 0 saturated heterocycles. The number of benzene rings is 3. The maximum Gasteiger partial charge on any atom is 0.219 e. The molecule has 5 rings (SSSR count). The lowest BCUT2D eigenvalue weighted by Gasteiger charge is -2.09. The minimum atomic E-state index is 0.145. The average Bonchev–Trinajstić information content (AvgIpc) is 3.16. The Bertz CT molecular complexity index is 1410. The zero-order valence-electron chi connectivity index (χ0n) is 18.7. The van der Waals surface area contributed by atoms with Crippen molar-refractivity contribution in [1.29, 1.82) is 0 Å². The fourth-order valence-corrected chi connectivity index (χ4v) is 4.05. The second-order valence-corrected chi connectivity index (χ2v) is 8.21. The van der Waals surface area contributed by atoms with E-state index in [4.69, 9.17) is 14.7 Å². The highest BCUT2D eigenvalue weighted by Crippen LogP contribution is 2.29. The summed E-state index contributed by atoms with van der Waals surface area (Å²) in [6.45, 7) is 2.06. The van der Waals surface area contributed by atoms with E-state index in [1.165, 1.54) is 0 Å². The van der Waals surface area contributed by atoms with Gasteiger partial charge in [0.1, 0.15) is 11.4 Å². The number of ether oxygens (including phenoxy) is 1. The van der Waals surface area contributed by atoms with Gasteiger partial charge in [-0.05, 0) is 36.2 Å². The van der Waals surface area contributed by atoms with Gasteiger partial charge in [-0.2, -0.15) is 0 Å². The lowest BCUT2D eigenvalue weighted by molar-refractivity contribution is 0.414. The van der Waals surface area contributed by atoms with E-state index in [2.05, 4.69) is 31.2 Å². The molecule has 5 aromatic rings. The second kappa shape index (κ2) is 8.79. The van der Waals surface area contributed by atoms with Gasteiger partial charge in [0.2, 0.25) is 5.88 Å². The molecule has 0 aliphatic heterocycles. The van der Waals surface area contributed by atoms with Crippen LogP contribution in [0.3, 0.4) is 0 Å². The van der Waals surface area contributed by atoms with Crippen LogP contribution >= 0.6 is 0 Å². The fourth-order valence-electron chi connectivity index (χ4n) is 4.05. The predicted octanol–water partition coefficient (Wildman–Crippen LogP) is 5.60. The number of fused-ring (bicyclic) bond motifs is 1. The lowest BCUT2D eigenvalue weighted by Crippen LogP contribution is -2.01. The second-order valence-electron chi connectivity index (χ2n) is 8.21. The molecule has 0 aliphatic rings. The smallest absolute Gasteiger partial charge is 0.219 e. The number of aryl methyl sites for hydroxylation is 1. The number of hydrogen-bond acceptors (Lipinski definition) is 4. The normalized spacial score (nSPS) is 11.1. The van der Waals surface area contributed by atoms with Gasteiger partial charge in [-0.1, -0.05) is 66.2 Å². The van der Waals surface area contributed by atoms with Crippen LogP contribution in [0.15, 0.2) is 85.1 Å². The summed E-state index contributed by atoms with van der Waals surface area (Å²) in [6, 6.07) is 26.3. The highest BCUT2D eigenvalue weighted by molar-refractivity contribution is 5.64. The first-order valence-electron chi connectivity index (χ1n) is 10.9. The molecule has 2 aromatic heterocycles. The van der Waals surface area contributed by atoms with Crippen LogP contribution < -0.4 is 4.74 Å². The topological polar surface area (TPSA) is 59.7 Å². The molecule has 0 fully saturated rings. The molecular weight excluding hydrogens is 410 g/mol. The summed E-state index contributed by atoms with van der Waals surface area (Å²) in [5, 5.41) is 11.1. The third kappa shape index (κ3) is 4.30. The van der Waals surface area contributed by atoms with Crippen molar-refractivity contribution in [1.82, 2.24) is 14.4 Å². The van der Waals surface area contributed by atoms with E-state index in [1.807, 2.05) is 60.8 Å². The number of nitrogens with zero attached hydrogens (tertiary/aromatic N) is 3. The van der Waals surface area contributed by atoms with Gasteiger partial charge >= 0.3 is 0 Å². The van der Waals surface area contributed by atoms with Crippen LogP contribution in [-0.4, -0.2) is 26.6 Å². The molecular formula is C28H25N3O2. The van der Waals surface area contributed by atoms with E-state index in [0.717, 1.165) is 39.4 Å². The van der Waals surface area contributed by atoms with Crippen LogP contribution in [0.5, 0.6) is 11.6 Å².